The highest BCUT2D eigenvalue weighted by Crippen LogP contribution is 2.22. The number of amides is 1. The first kappa shape index (κ1) is 18.6. The molecule has 1 N–H and O–H groups in total. The Morgan fingerprint density at radius 3 is 2.30 bits per heavy atom. The van der Waals surface area contributed by atoms with Gasteiger partial charge in [-0.25, -0.2) is 4.39 Å². The molecule has 1 heterocycles. The van der Waals surface area contributed by atoms with E-state index in [1.54, 1.807) is 12.1 Å². The summed E-state index contributed by atoms with van der Waals surface area (Å²) in [7, 11) is 0. The average Bonchev–Trinajstić information content (AvgIpc) is 2.99. The number of aryl methyl sites for hydroxylation is 2. The van der Waals surface area contributed by atoms with Crippen LogP contribution < -0.4 is 10.1 Å². The van der Waals surface area contributed by atoms with Crippen LogP contribution in [0.15, 0.2) is 53.1 Å². The van der Waals surface area contributed by atoms with Gasteiger partial charge in [-0.3, -0.25) is 4.79 Å². The fourth-order valence-corrected chi connectivity index (χ4v) is 2.70. The normalized spacial score (nSPS) is 10.6. The zero-order valence-corrected chi connectivity index (χ0v) is 15.3. The number of carbonyl (C=O) groups excluding carboxylic acids is 1. The van der Waals surface area contributed by atoms with Gasteiger partial charge in [0.15, 0.2) is 0 Å². The number of ether oxygens (including phenoxy) is 1. The fraction of sp³-hybridized carbons (Fsp3) is 0.238. The molecule has 0 aliphatic rings. The number of halogens is 1. The molecular formula is C21H21FN2O3. The van der Waals surface area contributed by atoms with Crippen LogP contribution in [0.25, 0.3) is 0 Å². The second-order valence-corrected chi connectivity index (χ2v) is 6.28. The monoisotopic (exact) mass is 368 g/mol. The molecule has 140 valence electrons. The molecule has 3 aromatic rings. The third-order valence-corrected chi connectivity index (χ3v) is 4.25. The van der Waals surface area contributed by atoms with Crippen molar-refractivity contribution < 1.29 is 18.4 Å². The predicted molar refractivity (Wildman–Crippen MR) is 99.1 cm³/mol. The first-order valence-corrected chi connectivity index (χ1v) is 8.72. The van der Waals surface area contributed by atoms with Crippen LogP contribution in [0.4, 0.5) is 4.39 Å². The van der Waals surface area contributed by atoms with E-state index in [0.717, 1.165) is 22.6 Å². The summed E-state index contributed by atoms with van der Waals surface area (Å²) in [5.41, 5.74) is 2.79. The van der Waals surface area contributed by atoms with Crippen molar-refractivity contribution in [2.24, 2.45) is 0 Å². The van der Waals surface area contributed by atoms with E-state index >= 15 is 0 Å². The number of aromatic nitrogens is 1. The van der Waals surface area contributed by atoms with Crippen molar-refractivity contribution in [3.8, 4) is 11.5 Å². The van der Waals surface area contributed by atoms with E-state index in [-0.39, 0.29) is 11.7 Å². The largest absolute Gasteiger partial charge is 0.457 e. The Kier molecular flexibility index (Phi) is 5.86. The second kappa shape index (κ2) is 8.49. The highest BCUT2D eigenvalue weighted by atomic mass is 19.1. The van der Waals surface area contributed by atoms with E-state index in [1.165, 1.54) is 12.1 Å². The van der Waals surface area contributed by atoms with E-state index in [2.05, 4.69) is 10.5 Å². The maximum Gasteiger partial charge on any atom is 0.220 e. The van der Waals surface area contributed by atoms with Crippen LogP contribution in [0, 0.1) is 19.7 Å². The molecule has 0 radical (unpaired) electrons. The van der Waals surface area contributed by atoms with Crippen molar-refractivity contribution in [1.29, 1.82) is 0 Å². The van der Waals surface area contributed by atoms with Gasteiger partial charge >= 0.3 is 0 Å². The van der Waals surface area contributed by atoms with Gasteiger partial charge in [-0.1, -0.05) is 17.3 Å². The van der Waals surface area contributed by atoms with Crippen molar-refractivity contribution >= 4 is 5.91 Å². The van der Waals surface area contributed by atoms with Crippen LogP contribution in [0.3, 0.4) is 0 Å². The zero-order valence-electron chi connectivity index (χ0n) is 15.3. The van der Waals surface area contributed by atoms with Crippen molar-refractivity contribution in [2.75, 3.05) is 0 Å². The Hall–Kier alpha value is -3.15. The maximum absolute atomic E-state index is 12.9. The highest BCUT2D eigenvalue weighted by Gasteiger charge is 2.11. The van der Waals surface area contributed by atoms with E-state index < -0.39 is 0 Å². The Balaban J connectivity index is 1.46. The molecule has 0 fully saturated rings. The second-order valence-electron chi connectivity index (χ2n) is 6.28. The zero-order chi connectivity index (χ0) is 19.2. The van der Waals surface area contributed by atoms with Crippen LogP contribution in [0.5, 0.6) is 11.5 Å². The van der Waals surface area contributed by atoms with Crippen molar-refractivity contribution in [2.45, 2.75) is 33.2 Å². The summed E-state index contributed by atoms with van der Waals surface area (Å²) in [5.74, 6) is 1.65. The molecule has 0 atom stereocenters. The summed E-state index contributed by atoms with van der Waals surface area (Å²) in [6.45, 7) is 4.17. The summed E-state index contributed by atoms with van der Waals surface area (Å²) >= 11 is 0. The summed E-state index contributed by atoms with van der Waals surface area (Å²) in [5, 5.41) is 6.80. The van der Waals surface area contributed by atoms with E-state index in [1.807, 2.05) is 38.1 Å². The van der Waals surface area contributed by atoms with Crippen LogP contribution >= 0.6 is 0 Å². The minimum atomic E-state index is -0.303. The summed E-state index contributed by atoms with van der Waals surface area (Å²) in [6, 6.07) is 13.2. The van der Waals surface area contributed by atoms with Gasteiger partial charge in [-0.2, -0.15) is 0 Å². The summed E-state index contributed by atoms with van der Waals surface area (Å²) in [6.07, 6.45) is 0.992. The standard InChI is InChI=1S/C21H21FN2O3/c1-14-20(15(2)27-24-14)11-12-21(25)23-13-16-3-7-18(8-4-16)26-19-9-5-17(22)6-10-19/h3-10H,11-13H2,1-2H3,(H,23,25). The minimum absolute atomic E-state index is 0.0263. The maximum atomic E-state index is 12.9. The van der Waals surface area contributed by atoms with Crippen molar-refractivity contribution in [1.82, 2.24) is 10.5 Å². The predicted octanol–water partition coefficient (Wildman–Crippen LogP) is 4.47. The van der Waals surface area contributed by atoms with E-state index in [4.69, 9.17) is 9.26 Å². The molecule has 2 aromatic carbocycles. The molecule has 5 nitrogen and oxygen atoms in total. The van der Waals surface area contributed by atoms with Crippen LogP contribution in [0.2, 0.25) is 0 Å². The average molecular weight is 368 g/mol. The van der Waals surface area contributed by atoms with Crippen LogP contribution in [0.1, 0.15) is 29.0 Å². The lowest BCUT2D eigenvalue weighted by Gasteiger charge is -2.08. The topological polar surface area (TPSA) is 64.4 Å². The Bertz CT molecular complexity index is 883. The lowest BCUT2D eigenvalue weighted by molar-refractivity contribution is -0.121. The molecular weight excluding hydrogens is 347 g/mol. The van der Waals surface area contributed by atoms with Gasteiger partial charge in [0.2, 0.25) is 5.91 Å². The van der Waals surface area contributed by atoms with E-state index in [9.17, 15) is 9.18 Å². The number of hydrogen-bond donors (Lipinski definition) is 1. The molecule has 6 heteroatoms. The van der Waals surface area contributed by atoms with Gasteiger partial charge < -0.3 is 14.6 Å². The van der Waals surface area contributed by atoms with Gasteiger partial charge in [-0.05, 0) is 62.2 Å². The third kappa shape index (κ3) is 5.17. The molecule has 0 saturated carbocycles. The van der Waals surface area contributed by atoms with Crippen molar-refractivity contribution in [3.05, 3.63) is 76.9 Å². The smallest absolute Gasteiger partial charge is 0.220 e. The number of hydrogen-bond acceptors (Lipinski definition) is 4. The third-order valence-electron chi connectivity index (χ3n) is 4.25. The minimum Gasteiger partial charge on any atom is -0.457 e. The molecule has 3 rings (SSSR count). The van der Waals surface area contributed by atoms with Crippen molar-refractivity contribution in [3.63, 3.8) is 0 Å². The summed E-state index contributed by atoms with van der Waals surface area (Å²) < 4.78 is 23.7. The van der Waals surface area contributed by atoms with Gasteiger partial charge in [0, 0.05) is 18.5 Å². The SMILES string of the molecule is Cc1noc(C)c1CCC(=O)NCc1ccc(Oc2ccc(F)cc2)cc1. The van der Waals surface area contributed by atoms with Crippen LogP contribution in [-0.4, -0.2) is 11.1 Å². The molecule has 0 aliphatic carbocycles. The Morgan fingerprint density at radius 2 is 1.70 bits per heavy atom. The Morgan fingerprint density at radius 1 is 1.07 bits per heavy atom. The number of rotatable bonds is 7. The number of nitrogens with zero attached hydrogens (tertiary/aromatic N) is 1. The summed E-state index contributed by atoms with van der Waals surface area (Å²) in [4.78, 5) is 12.1. The van der Waals surface area contributed by atoms with Crippen LogP contribution in [-0.2, 0) is 17.8 Å². The number of nitrogens with one attached hydrogen (secondary N) is 1. The molecule has 0 bridgehead atoms. The molecule has 0 saturated heterocycles. The first-order chi connectivity index (χ1) is 13.0. The van der Waals surface area contributed by atoms with E-state index in [0.29, 0.717) is 30.9 Å². The molecule has 27 heavy (non-hydrogen) atoms. The Labute approximate surface area is 157 Å². The molecule has 0 spiro atoms. The molecule has 1 aromatic heterocycles. The molecule has 1 amide bonds. The quantitative estimate of drug-likeness (QED) is 0.668. The fourth-order valence-electron chi connectivity index (χ4n) is 2.70. The molecule has 0 unspecified atom stereocenters. The van der Waals surface area contributed by atoms with Gasteiger partial charge in [0.05, 0.1) is 5.69 Å². The lowest BCUT2D eigenvalue weighted by atomic mass is 10.1. The first-order valence-electron chi connectivity index (χ1n) is 8.72. The van der Waals surface area contributed by atoms with Gasteiger partial charge in [-0.15, -0.1) is 0 Å². The van der Waals surface area contributed by atoms with Gasteiger partial charge in [0.1, 0.15) is 23.1 Å². The number of benzene rings is 2. The highest BCUT2D eigenvalue weighted by molar-refractivity contribution is 5.76. The van der Waals surface area contributed by atoms with Gasteiger partial charge in [0.25, 0.3) is 0 Å². The lowest BCUT2D eigenvalue weighted by Crippen LogP contribution is -2.23. The molecule has 0 aliphatic heterocycles. The number of carbonyl (C=O) groups is 1.